The van der Waals surface area contributed by atoms with Gasteiger partial charge in [-0.2, -0.15) is 10.1 Å². The quantitative estimate of drug-likeness (QED) is 0.353. The Hall–Kier alpha value is -3.50. The van der Waals surface area contributed by atoms with E-state index >= 15 is 0 Å². The van der Waals surface area contributed by atoms with Crippen molar-refractivity contribution in [2.24, 2.45) is 0 Å². The minimum atomic E-state index is 0.0533. The van der Waals surface area contributed by atoms with E-state index < -0.39 is 0 Å². The van der Waals surface area contributed by atoms with Crippen LogP contribution in [-0.2, 0) is 0 Å². The molecule has 0 bridgehead atoms. The lowest BCUT2D eigenvalue weighted by atomic mass is 10.2. The monoisotopic (exact) mass is 428 g/mol. The Morgan fingerprint density at radius 3 is 2.62 bits per heavy atom. The first-order valence-corrected chi connectivity index (χ1v) is 9.00. The van der Waals surface area contributed by atoms with E-state index in [0.29, 0.717) is 34.4 Å². The molecule has 4 aromatic rings. The molecule has 3 aromatic heterocycles. The second-order valence-electron chi connectivity index (χ2n) is 5.67. The number of anilines is 1. The number of pyridine rings is 1. The van der Waals surface area contributed by atoms with Gasteiger partial charge in [-0.3, -0.25) is 4.98 Å². The van der Waals surface area contributed by atoms with Crippen molar-refractivity contribution >= 4 is 29.6 Å². The third-order valence-electron chi connectivity index (χ3n) is 3.83. The molecule has 3 N–H and O–H groups in total. The lowest BCUT2D eigenvalue weighted by molar-refractivity contribution is 0.378. The molecule has 0 atom stereocenters. The third-order valence-corrected chi connectivity index (χ3v) is 4.26. The second kappa shape index (κ2) is 7.86. The van der Waals surface area contributed by atoms with E-state index in [1.165, 1.54) is 7.11 Å². The van der Waals surface area contributed by atoms with Crippen LogP contribution in [-0.4, -0.2) is 32.2 Å². The largest absolute Gasteiger partial charge is 0.493 e. The highest BCUT2D eigenvalue weighted by atomic mass is 35.5. The van der Waals surface area contributed by atoms with Crippen LogP contribution in [0.1, 0.15) is 0 Å². The zero-order valence-electron chi connectivity index (χ0n) is 14.9. The minimum Gasteiger partial charge on any atom is -0.493 e. The third kappa shape index (κ3) is 3.89. The van der Waals surface area contributed by atoms with Crippen LogP contribution in [0, 0.1) is 4.84 Å². The summed E-state index contributed by atoms with van der Waals surface area (Å²) in [6.07, 6.45) is 1.57. The van der Waals surface area contributed by atoms with E-state index in [1.54, 1.807) is 36.5 Å². The molecule has 146 valence electrons. The van der Waals surface area contributed by atoms with E-state index in [9.17, 15) is 0 Å². The predicted octanol–water partition coefficient (Wildman–Crippen LogP) is 4.29. The molecule has 0 unspecified atom stereocenters. The number of aromatic nitrogens is 5. The fourth-order valence-corrected chi connectivity index (χ4v) is 2.86. The van der Waals surface area contributed by atoms with Gasteiger partial charge in [0.2, 0.25) is 5.75 Å². The van der Waals surface area contributed by atoms with Gasteiger partial charge in [0.1, 0.15) is 5.69 Å². The van der Waals surface area contributed by atoms with Crippen molar-refractivity contribution in [3.05, 3.63) is 52.6 Å². The van der Waals surface area contributed by atoms with Gasteiger partial charge < -0.3 is 19.7 Å². The number of methoxy groups -OCH3 is 1. The van der Waals surface area contributed by atoms with E-state index in [0.717, 1.165) is 0 Å². The first-order chi connectivity index (χ1) is 14.0. The van der Waals surface area contributed by atoms with Gasteiger partial charge in [0.25, 0.3) is 0 Å². The number of aromatic amines is 1. The fourth-order valence-electron chi connectivity index (χ4n) is 2.51. The van der Waals surface area contributed by atoms with Crippen LogP contribution in [0.4, 0.5) is 5.82 Å². The summed E-state index contributed by atoms with van der Waals surface area (Å²) in [6, 6.07) is 10.5. The molecule has 4 rings (SSSR count). The van der Waals surface area contributed by atoms with Crippen LogP contribution in [0.3, 0.4) is 0 Å². The summed E-state index contributed by atoms with van der Waals surface area (Å²) in [5.74, 6) is 1.85. The van der Waals surface area contributed by atoms with Crippen molar-refractivity contribution in [2.75, 3.05) is 12.8 Å². The summed E-state index contributed by atoms with van der Waals surface area (Å²) in [4.78, 5) is 17.0. The van der Waals surface area contributed by atoms with Crippen molar-refractivity contribution in [2.45, 2.75) is 0 Å². The molecular weight excluding hydrogens is 416 g/mol. The SMILES string of the molecule is COc1ccccc1Oc1c(N)nc(-c2ccnc(-c3nc(=S)o[nH]3)c2)nc1Cl. The molecule has 0 aliphatic carbocycles. The topological polar surface area (TPSA) is 125 Å². The zero-order valence-corrected chi connectivity index (χ0v) is 16.5. The number of ether oxygens (including phenoxy) is 2. The Morgan fingerprint density at radius 1 is 1.14 bits per heavy atom. The molecule has 0 radical (unpaired) electrons. The van der Waals surface area contributed by atoms with Crippen molar-refractivity contribution in [3.63, 3.8) is 0 Å². The lowest BCUT2D eigenvalue weighted by Crippen LogP contribution is -2.02. The van der Waals surface area contributed by atoms with E-state index in [1.807, 2.05) is 6.07 Å². The molecule has 1 aromatic carbocycles. The van der Waals surface area contributed by atoms with Crippen LogP contribution in [0.2, 0.25) is 5.15 Å². The molecule has 0 fully saturated rings. The number of nitrogen functional groups attached to an aromatic ring is 1. The summed E-state index contributed by atoms with van der Waals surface area (Å²) in [5.41, 5.74) is 7.20. The van der Waals surface area contributed by atoms with Gasteiger partial charge in [-0.25, -0.2) is 9.97 Å². The number of hydrogen-bond donors (Lipinski definition) is 2. The van der Waals surface area contributed by atoms with Gasteiger partial charge in [-0.05, 0) is 36.5 Å². The fraction of sp³-hybridized carbons (Fsp3) is 0.0556. The summed E-state index contributed by atoms with van der Waals surface area (Å²) >= 11 is 11.2. The summed E-state index contributed by atoms with van der Waals surface area (Å²) < 4.78 is 16.0. The average Bonchev–Trinajstić information content (AvgIpc) is 3.17. The van der Waals surface area contributed by atoms with E-state index in [-0.39, 0.29) is 21.6 Å². The highest BCUT2D eigenvalue weighted by Gasteiger charge is 2.17. The second-order valence-corrected chi connectivity index (χ2v) is 6.37. The molecule has 11 heteroatoms. The van der Waals surface area contributed by atoms with Crippen LogP contribution in [0.15, 0.2) is 47.1 Å². The molecule has 0 saturated heterocycles. The number of nitrogens with one attached hydrogen (secondary N) is 1. The summed E-state index contributed by atoms with van der Waals surface area (Å²) in [6.45, 7) is 0. The molecule has 0 saturated carbocycles. The number of hydrogen-bond acceptors (Lipinski definition) is 9. The summed E-state index contributed by atoms with van der Waals surface area (Å²) in [7, 11) is 1.54. The number of nitrogens with two attached hydrogens (primary N) is 1. The maximum absolute atomic E-state index is 6.33. The Bertz CT molecular complexity index is 1220. The smallest absolute Gasteiger partial charge is 0.314 e. The number of H-pyrrole nitrogens is 1. The number of halogens is 1. The zero-order chi connectivity index (χ0) is 20.4. The Morgan fingerprint density at radius 2 is 1.93 bits per heavy atom. The highest BCUT2D eigenvalue weighted by Crippen LogP contribution is 2.38. The van der Waals surface area contributed by atoms with Crippen molar-refractivity contribution in [1.29, 1.82) is 0 Å². The molecule has 3 heterocycles. The van der Waals surface area contributed by atoms with Gasteiger partial charge in [-0.15, -0.1) is 0 Å². The number of rotatable bonds is 5. The normalized spacial score (nSPS) is 10.7. The van der Waals surface area contributed by atoms with Crippen LogP contribution in [0.5, 0.6) is 17.2 Å². The Kier molecular flexibility index (Phi) is 5.10. The van der Waals surface area contributed by atoms with Crippen molar-refractivity contribution in [3.8, 4) is 40.2 Å². The van der Waals surface area contributed by atoms with E-state index in [2.05, 4.69) is 25.1 Å². The predicted molar refractivity (Wildman–Crippen MR) is 108 cm³/mol. The molecule has 0 spiro atoms. The first kappa shape index (κ1) is 18.8. The molecule has 0 amide bonds. The van der Waals surface area contributed by atoms with Crippen LogP contribution >= 0.6 is 23.8 Å². The summed E-state index contributed by atoms with van der Waals surface area (Å²) in [5, 5.41) is 2.65. The number of nitrogens with zero attached hydrogens (tertiary/aromatic N) is 4. The molecule has 0 aliphatic heterocycles. The van der Waals surface area contributed by atoms with Gasteiger partial charge in [0, 0.05) is 11.8 Å². The Labute approximate surface area is 174 Å². The van der Waals surface area contributed by atoms with Crippen molar-refractivity contribution in [1.82, 2.24) is 25.1 Å². The van der Waals surface area contributed by atoms with Crippen LogP contribution in [0.25, 0.3) is 22.9 Å². The average molecular weight is 429 g/mol. The maximum Gasteiger partial charge on any atom is 0.314 e. The maximum atomic E-state index is 6.33. The number of benzene rings is 1. The molecule has 9 nitrogen and oxygen atoms in total. The lowest BCUT2D eigenvalue weighted by Gasteiger charge is -2.13. The molecule has 0 aliphatic rings. The van der Waals surface area contributed by atoms with Gasteiger partial charge in [-0.1, -0.05) is 23.7 Å². The van der Waals surface area contributed by atoms with Crippen molar-refractivity contribution < 1.29 is 14.0 Å². The standard InChI is InChI=1S/C18H13ClN6O3S/c1-26-11-4-2-3-5-12(11)27-13-14(19)22-16(23-15(13)20)9-6-7-21-10(8-9)17-24-18(29)28-25-17/h2-8H,1H3,(H2,20,22,23)(H,24,25,29). The van der Waals surface area contributed by atoms with Gasteiger partial charge >= 0.3 is 4.84 Å². The van der Waals surface area contributed by atoms with Gasteiger partial charge in [0.15, 0.2) is 34.1 Å². The van der Waals surface area contributed by atoms with Crippen LogP contribution < -0.4 is 15.2 Å². The number of para-hydroxylation sites is 2. The molecular formula is C18H13ClN6O3S. The van der Waals surface area contributed by atoms with E-state index in [4.69, 9.17) is 43.5 Å². The minimum absolute atomic E-state index is 0.0533. The first-order valence-electron chi connectivity index (χ1n) is 8.21. The highest BCUT2D eigenvalue weighted by molar-refractivity contribution is 7.71. The Balaban J connectivity index is 1.70. The van der Waals surface area contributed by atoms with Gasteiger partial charge in [0.05, 0.1) is 7.11 Å². The molecule has 29 heavy (non-hydrogen) atoms.